The summed E-state index contributed by atoms with van der Waals surface area (Å²) in [6.07, 6.45) is 4.07. The third-order valence-electron chi connectivity index (χ3n) is 4.90. The van der Waals surface area contributed by atoms with Gasteiger partial charge in [-0.2, -0.15) is 0 Å². The van der Waals surface area contributed by atoms with Crippen LogP contribution >= 0.6 is 0 Å². The highest BCUT2D eigenvalue weighted by molar-refractivity contribution is 5.98. The second kappa shape index (κ2) is 7.15. The van der Waals surface area contributed by atoms with Crippen LogP contribution in [0.5, 0.6) is 0 Å². The average Bonchev–Trinajstić information content (AvgIpc) is 3.30. The number of hydrogen-bond donors (Lipinski definition) is 1. The summed E-state index contributed by atoms with van der Waals surface area (Å²) in [7, 11) is 0. The predicted octanol–water partition coefficient (Wildman–Crippen LogP) is 2.77. The molecular formula is C20H23N5O. The molecule has 1 aromatic carbocycles. The molecule has 3 heterocycles. The highest BCUT2D eigenvalue weighted by atomic mass is 16.1. The molecule has 134 valence electrons. The minimum Gasteiger partial charge on any atom is -0.356 e. The Morgan fingerprint density at radius 2 is 1.96 bits per heavy atom. The summed E-state index contributed by atoms with van der Waals surface area (Å²) >= 11 is 0. The van der Waals surface area contributed by atoms with Crippen LogP contribution in [0.25, 0.3) is 11.0 Å². The molecular weight excluding hydrogens is 326 g/mol. The van der Waals surface area contributed by atoms with Gasteiger partial charge in [-0.05, 0) is 44.0 Å². The molecule has 1 aliphatic heterocycles. The van der Waals surface area contributed by atoms with Crippen LogP contribution in [0, 0.1) is 6.92 Å². The number of pyridine rings is 1. The summed E-state index contributed by atoms with van der Waals surface area (Å²) in [5.41, 5.74) is 2.74. The quantitative estimate of drug-likeness (QED) is 0.769. The summed E-state index contributed by atoms with van der Waals surface area (Å²) in [6.45, 7) is 5.18. The fourth-order valence-corrected chi connectivity index (χ4v) is 3.61. The van der Waals surface area contributed by atoms with E-state index in [2.05, 4.69) is 30.8 Å². The molecule has 3 aromatic rings. The van der Waals surface area contributed by atoms with E-state index in [1.807, 2.05) is 37.3 Å². The molecule has 0 radical (unpaired) electrons. The number of hydrogen-bond acceptors (Lipinski definition) is 4. The zero-order valence-corrected chi connectivity index (χ0v) is 15.0. The first-order valence-corrected chi connectivity index (χ1v) is 9.14. The van der Waals surface area contributed by atoms with Crippen LogP contribution < -0.4 is 10.2 Å². The lowest BCUT2D eigenvalue weighted by Crippen LogP contribution is -2.30. The number of para-hydroxylation sites is 2. The number of rotatable bonds is 5. The van der Waals surface area contributed by atoms with Crippen molar-refractivity contribution in [3.05, 3.63) is 54.0 Å². The van der Waals surface area contributed by atoms with Crippen LogP contribution in [0.3, 0.4) is 0 Å². The van der Waals surface area contributed by atoms with Crippen LogP contribution in [0.1, 0.15) is 29.0 Å². The largest absolute Gasteiger partial charge is 0.356 e. The van der Waals surface area contributed by atoms with Gasteiger partial charge in [0.25, 0.3) is 5.91 Å². The fourth-order valence-electron chi connectivity index (χ4n) is 3.61. The van der Waals surface area contributed by atoms with E-state index in [1.54, 1.807) is 6.20 Å². The molecule has 0 aliphatic carbocycles. The molecule has 1 aliphatic rings. The maximum Gasteiger partial charge on any atom is 0.255 e. The van der Waals surface area contributed by atoms with Crippen LogP contribution in [-0.4, -0.2) is 40.1 Å². The van der Waals surface area contributed by atoms with E-state index in [0.29, 0.717) is 18.7 Å². The lowest BCUT2D eigenvalue weighted by Gasteiger charge is -2.19. The van der Waals surface area contributed by atoms with Crippen LogP contribution in [-0.2, 0) is 6.54 Å². The molecule has 1 saturated heterocycles. The molecule has 1 N–H and O–H groups in total. The SMILES string of the molecule is Cc1nc2ccccc2n1CCNC(=O)c1cccnc1N1CCCC1. The lowest BCUT2D eigenvalue weighted by molar-refractivity contribution is 0.0952. The van der Waals surface area contributed by atoms with E-state index in [1.165, 1.54) is 0 Å². The molecule has 0 unspecified atom stereocenters. The van der Waals surface area contributed by atoms with Crippen molar-refractivity contribution in [2.75, 3.05) is 24.5 Å². The second-order valence-electron chi connectivity index (χ2n) is 6.62. The highest BCUT2D eigenvalue weighted by Gasteiger charge is 2.20. The van der Waals surface area contributed by atoms with Gasteiger partial charge in [0.1, 0.15) is 11.6 Å². The molecule has 0 bridgehead atoms. The van der Waals surface area contributed by atoms with Gasteiger partial charge in [-0.15, -0.1) is 0 Å². The molecule has 6 nitrogen and oxygen atoms in total. The van der Waals surface area contributed by atoms with E-state index < -0.39 is 0 Å². The summed E-state index contributed by atoms with van der Waals surface area (Å²) < 4.78 is 2.14. The Balaban J connectivity index is 1.45. The molecule has 0 saturated carbocycles. The van der Waals surface area contributed by atoms with Crippen LogP contribution in [0.2, 0.25) is 0 Å². The Labute approximate surface area is 152 Å². The van der Waals surface area contributed by atoms with Gasteiger partial charge in [0.15, 0.2) is 0 Å². The zero-order valence-electron chi connectivity index (χ0n) is 15.0. The molecule has 2 aromatic heterocycles. The molecule has 0 spiro atoms. The number of nitrogens with zero attached hydrogens (tertiary/aromatic N) is 4. The Hall–Kier alpha value is -2.89. The number of imidazole rings is 1. The molecule has 0 atom stereocenters. The Morgan fingerprint density at radius 3 is 2.81 bits per heavy atom. The van der Waals surface area contributed by atoms with Crippen molar-refractivity contribution >= 4 is 22.8 Å². The second-order valence-corrected chi connectivity index (χ2v) is 6.62. The molecule has 4 rings (SSSR count). The zero-order chi connectivity index (χ0) is 17.9. The molecule has 26 heavy (non-hydrogen) atoms. The van der Waals surface area contributed by atoms with Crippen LogP contribution in [0.4, 0.5) is 5.82 Å². The predicted molar refractivity (Wildman–Crippen MR) is 102 cm³/mol. The van der Waals surface area contributed by atoms with E-state index in [-0.39, 0.29) is 5.91 Å². The van der Waals surface area contributed by atoms with Crippen LogP contribution in [0.15, 0.2) is 42.6 Å². The summed E-state index contributed by atoms with van der Waals surface area (Å²) in [4.78, 5) is 23.9. The number of aromatic nitrogens is 3. The third kappa shape index (κ3) is 3.14. The molecule has 1 amide bonds. The fraction of sp³-hybridized carbons (Fsp3) is 0.350. The first kappa shape index (κ1) is 16.6. The highest BCUT2D eigenvalue weighted by Crippen LogP contribution is 2.21. The number of carbonyl (C=O) groups is 1. The topological polar surface area (TPSA) is 63.1 Å². The summed E-state index contributed by atoms with van der Waals surface area (Å²) in [5, 5.41) is 3.04. The average molecular weight is 349 g/mol. The summed E-state index contributed by atoms with van der Waals surface area (Å²) in [5.74, 6) is 1.69. The van der Waals surface area contributed by atoms with Gasteiger partial charge < -0.3 is 14.8 Å². The van der Waals surface area contributed by atoms with Crippen molar-refractivity contribution < 1.29 is 4.79 Å². The third-order valence-corrected chi connectivity index (χ3v) is 4.90. The minimum absolute atomic E-state index is 0.0675. The van der Waals surface area contributed by atoms with Gasteiger partial charge >= 0.3 is 0 Å². The van der Waals surface area contributed by atoms with E-state index >= 15 is 0 Å². The van der Waals surface area contributed by atoms with Gasteiger partial charge in [0, 0.05) is 32.4 Å². The number of nitrogens with one attached hydrogen (secondary N) is 1. The van der Waals surface area contributed by atoms with Crippen molar-refractivity contribution in [1.29, 1.82) is 0 Å². The molecule has 6 heteroatoms. The number of fused-ring (bicyclic) bond motifs is 1. The standard InChI is InChI=1S/C20H23N5O/c1-15-23-17-8-2-3-9-18(17)25(15)14-11-22-20(26)16-7-6-10-21-19(16)24-12-4-5-13-24/h2-3,6-10H,4-5,11-14H2,1H3,(H,22,26). The van der Waals surface area contributed by atoms with Crippen molar-refractivity contribution in [3.63, 3.8) is 0 Å². The van der Waals surface area contributed by atoms with E-state index in [9.17, 15) is 4.79 Å². The maximum absolute atomic E-state index is 12.7. The van der Waals surface area contributed by atoms with Gasteiger partial charge in [0.05, 0.1) is 16.6 Å². The lowest BCUT2D eigenvalue weighted by atomic mass is 10.2. The van der Waals surface area contributed by atoms with Crippen molar-refractivity contribution in [3.8, 4) is 0 Å². The van der Waals surface area contributed by atoms with Crippen molar-refractivity contribution in [1.82, 2.24) is 19.9 Å². The van der Waals surface area contributed by atoms with Gasteiger partial charge in [-0.25, -0.2) is 9.97 Å². The van der Waals surface area contributed by atoms with Gasteiger partial charge in [-0.3, -0.25) is 4.79 Å². The normalized spacial score (nSPS) is 14.1. The number of amides is 1. The van der Waals surface area contributed by atoms with E-state index in [4.69, 9.17) is 0 Å². The first-order valence-electron chi connectivity index (χ1n) is 9.14. The smallest absolute Gasteiger partial charge is 0.255 e. The van der Waals surface area contributed by atoms with Gasteiger partial charge in [-0.1, -0.05) is 12.1 Å². The number of carbonyl (C=O) groups excluding carboxylic acids is 1. The number of benzene rings is 1. The Kier molecular flexibility index (Phi) is 4.56. The Morgan fingerprint density at radius 1 is 1.15 bits per heavy atom. The number of aryl methyl sites for hydroxylation is 1. The Bertz CT molecular complexity index is 927. The van der Waals surface area contributed by atoms with Crippen molar-refractivity contribution in [2.24, 2.45) is 0 Å². The van der Waals surface area contributed by atoms with Gasteiger partial charge in [0.2, 0.25) is 0 Å². The van der Waals surface area contributed by atoms with Crippen molar-refractivity contribution in [2.45, 2.75) is 26.3 Å². The monoisotopic (exact) mass is 349 g/mol. The number of anilines is 1. The minimum atomic E-state index is -0.0675. The molecule has 1 fully saturated rings. The summed E-state index contributed by atoms with van der Waals surface area (Å²) in [6, 6.07) is 11.7. The maximum atomic E-state index is 12.7. The van der Waals surface area contributed by atoms with E-state index in [0.717, 1.165) is 48.6 Å². The first-order chi connectivity index (χ1) is 12.7.